The van der Waals surface area contributed by atoms with Gasteiger partial charge in [0.1, 0.15) is 0 Å². The number of benzene rings is 2. The van der Waals surface area contributed by atoms with Gasteiger partial charge in [-0.1, -0.05) is 17.7 Å². The monoisotopic (exact) mass is 418 g/mol. The summed E-state index contributed by atoms with van der Waals surface area (Å²) in [6.45, 7) is 7.04. The maximum absolute atomic E-state index is 12.2. The highest BCUT2D eigenvalue weighted by Crippen LogP contribution is 2.30. The number of halogens is 1. The van der Waals surface area contributed by atoms with Crippen molar-refractivity contribution in [1.29, 1.82) is 0 Å². The second-order valence-electron chi connectivity index (χ2n) is 6.37. The molecule has 1 atom stereocenters. The number of hydrogen-bond donors (Lipinski definition) is 2. The predicted molar refractivity (Wildman–Crippen MR) is 114 cm³/mol. The van der Waals surface area contributed by atoms with Crippen LogP contribution in [0.25, 0.3) is 0 Å². The largest absolute Gasteiger partial charge is 0.490 e. The van der Waals surface area contributed by atoms with Crippen LogP contribution in [-0.4, -0.2) is 31.6 Å². The minimum Gasteiger partial charge on any atom is -0.490 e. The summed E-state index contributed by atoms with van der Waals surface area (Å²) < 4.78 is 11.2. The summed E-state index contributed by atoms with van der Waals surface area (Å²) in [4.78, 5) is 24.3. The minimum atomic E-state index is -0.240. The van der Waals surface area contributed by atoms with Gasteiger partial charge in [-0.2, -0.15) is 0 Å². The fourth-order valence-corrected chi connectivity index (χ4v) is 2.85. The smallest absolute Gasteiger partial charge is 0.251 e. The van der Waals surface area contributed by atoms with Crippen molar-refractivity contribution in [2.24, 2.45) is 0 Å². The average molecular weight is 419 g/mol. The molecule has 0 unspecified atom stereocenters. The second-order valence-corrected chi connectivity index (χ2v) is 6.81. The molecule has 0 aliphatic heterocycles. The van der Waals surface area contributed by atoms with Gasteiger partial charge in [0, 0.05) is 23.6 Å². The number of ether oxygens (including phenoxy) is 2. The quantitative estimate of drug-likeness (QED) is 0.608. The van der Waals surface area contributed by atoms with E-state index in [1.54, 1.807) is 24.3 Å². The molecule has 0 saturated carbocycles. The van der Waals surface area contributed by atoms with Crippen LogP contribution < -0.4 is 20.1 Å². The molecule has 2 aromatic rings. The third kappa shape index (κ3) is 6.98. The zero-order valence-electron chi connectivity index (χ0n) is 17.0. The van der Waals surface area contributed by atoms with Gasteiger partial charge in [0.05, 0.1) is 19.3 Å². The molecule has 0 heterocycles. The van der Waals surface area contributed by atoms with E-state index in [9.17, 15) is 9.59 Å². The molecular weight excluding hydrogens is 392 g/mol. The van der Waals surface area contributed by atoms with E-state index in [2.05, 4.69) is 10.6 Å². The van der Waals surface area contributed by atoms with Gasteiger partial charge in [0.25, 0.3) is 5.91 Å². The zero-order valence-corrected chi connectivity index (χ0v) is 17.7. The van der Waals surface area contributed by atoms with Crippen LogP contribution >= 0.6 is 11.6 Å². The van der Waals surface area contributed by atoms with Crippen LogP contribution in [0.2, 0.25) is 5.02 Å². The van der Waals surface area contributed by atoms with Gasteiger partial charge in [-0.05, 0) is 62.7 Å². The van der Waals surface area contributed by atoms with Crippen molar-refractivity contribution in [1.82, 2.24) is 10.6 Å². The standard InChI is InChI=1S/C22H27ClN2O4/c1-4-28-19-11-8-17(14-20(19)29-5-2)15(3)25-21(26)12-13-24-22(27)16-6-9-18(23)10-7-16/h6-11,14-15H,4-5,12-13H2,1-3H3,(H,24,27)(H,25,26)/t15-/m1/s1. The van der Waals surface area contributed by atoms with Gasteiger partial charge in [0.2, 0.25) is 5.91 Å². The highest BCUT2D eigenvalue weighted by Gasteiger charge is 2.14. The molecule has 0 radical (unpaired) electrons. The second kappa shape index (κ2) is 11.3. The number of carbonyl (C=O) groups excluding carboxylic acids is 2. The van der Waals surface area contributed by atoms with E-state index in [-0.39, 0.29) is 30.8 Å². The molecule has 0 aliphatic rings. The average Bonchev–Trinajstić information content (AvgIpc) is 2.70. The Labute approximate surface area is 176 Å². The maximum Gasteiger partial charge on any atom is 0.251 e. The Balaban J connectivity index is 1.85. The molecule has 6 nitrogen and oxygen atoms in total. The molecule has 29 heavy (non-hydrogen) atoms. The first-order chi connectivity index (χ1) is 13.9. The molecule has 2 rings (SSSR count). The van der Waals surface area contributed by atoms with Crippen molar-refractivity contribution < 1.29 is 19.1 Å². The Morgan fingerprint density at radius 2 is 1.66 bits per heavy atom. The summed E-state index contributed by atoms with van der Waals surface area (Å²) in [7, 11) is 0. The third-order valence-electron chi connectivity index (χ3n) is 4.19. The topological polar surface area (TPSA) is 76.7 Å². The maximum atomic E-state index is 12.2. The summed E-state index contributed by atoms with van der Waals surface area (Å²) >= 11 is 5.81. The summed E-state index contributed by atoms with van der Waals surface area (Å²) in [6.07, 6.45) is 0.180. The molecule has 0 aliphatic carbocycles. The van der Waals surface area contributed by atoms with Gasteiger partial charge in [0.15, 0.2) is 11.5 Å². The van der Waals surface area contributed by atoms with Crippen molar-refractivity contribution in [2.45, 2.75) is 33.2 Å². The molecule has 0 spiro atoms. The molecule has 2 aromatic carbocycles. The fraction of sp³-hybridized carbons (Fsp3) is 0.364. The Bertz CT molecular complexity index is 824. The SMILES string of the molecule is CCOc1ccc([C@@H](C)NC(=O)CCNC(=O)c2ccc(Cl)cc2)cc1OCC. The lowest BCUT2D eigenvalue weighted by atomic mass is 10.1. The van der Waals surface area contributed by atoms with E-state index in [4.69, 9.17) is 21.1 Å². The van der Waals surface area contributed by atoms with E-state index in [1.807, 2.05) is 39.0 Å². The number of rotatable bonds is 10. The molecular formula is C22H27ClN2O4. The van der Waals surface area contributed by atoms with Crippen molar-refractivity contribution in [3.05, 3.63) is 58.6 Å². The van der Waals surface area contributed by atoms with Crippen LogP contribution in [0.15, 0.2) is 42.5 Å². The highest BCUT2D eigenvalue weighted by atomic mass is 35.5. The highest BCUT2D eigenvalue weighted by molar-refractivity contribution is 6.30. The first-order valence-corrected chi connectivity index (χ1v) is 10.0. The van der Waals surface area contributed by atoms with Gasteiger partial charge in [-0.3, -0.25) is 9.59 Å². The van der Waals surface area contributed by atoms with Gasteiger partial charge in [-0.25, -0.2) is 0 Å². The minimum absolute atomic E-state index is 0.152. The van der Waals surface area contributed by atoms with Gasteiger partial charge >= 0.3 is 0 Å². The summed E-state index contributed by atoms with van der Waals surface area (Å²) in [6, 6.07) is 12.0. The Morgan fingerprint density at radius 1 is 1.00 bits per heavy atom. The van der Waals surface area contributed by atoms with Crippen LogP contribution in [0.1, 0.15) is 49.2 Å². The molecule has 0 fully saturated rings. The normalized spacial score (nSPS) is 11.4. The number of hydrogen-bond acceptors (Lipinski definition) is 4. The molecule has 7 heteroatoms. The van der Waals surface area contributed by atoms with E-state index in [1.165, 1.54) is 0 Å². The van der Waals surface area contributed by atoms with E-state index in [0.717, 1.165) is 5.56 Å². The van der Waals surface area contributed by atoms with Gasteiger partial charge < -0.3 is 20.1 Å². The molecule has 2 amide bonds. The lowest BCUT2D eigenvalue weighted by molar-refractivity contribution is -0.121. The van der Waals surface area contributed by atoms with Crippen LogP contribution in [0, 0.1) is 0 Å². The Morgan fingerprint density at radius 3 is 2.31 bits per heavy atom. The van der Waals surface area contributed by atoms with Crippen molar-refractivity contribution in [3.63, 3.8) is 0 Å². The molecule has 2 N–H and O–H groups in total. The lowest BCUT2D eigenvalue weighted by Crippen LogP contribution is -2.32. The van der Waals surface area contributed by atoms with Crippen LogP contribution in [0.4, 0.5) is 0 Å². The molecule has 0 aromatic heterocycles. The fourth-order valence-electron chi connectivity index (χ4n) is 2.73. The summed E-state index contributed by atoms with van der Waals surface area (Å²) in [5.41, 5.74) is 1.41. The van der Waals surface area contributed by atoms with Crippen molar-refractivity contribution >= 4 is 23.4 Å². The Kier molecular flexibility index (Phi) is 8.80. The number of amides is 2. The van der Waals surface area contributed by atoms with Crippen molar-refractivity contribution in [2.75, 3.05) is 19.8 Å². The molecule has 0 bridgehead atoms. The number of nitrogens with one attached hydrogen (secondary N) is 2. The first kappa shape index (κ1) is 22.6. The predicted octanol–water partition coefficient (Wildman–Crippen LogP) is 4.13. The molecule has 0 saturated heterocycles. The summed E-state index contributed by atoms with van der Waals surface area (Å²) in [5.74, 6) is 0.945. The zero-order chi connectivity index (χ0) is 21.2. The van der Waals surface area contributed by atoms with Gasteiger partial charge in [-0.15, -0.1) is 0 Å². The van der Waals surface area contributed by atoms with Crippen LogP contribution in [0.3, 0.4) is 0 Å². The first-order valence-electron chi connectivity index (χ1n) is 9.67. The summed E-state index contributed by atoms with van der Waals surface area (Å²) in [5, 5.41) is 6.23. The van der Waals surface area contributed by atoms with E-state index >= 15 is 0 Å². The third-order valence-corrected chi connectivity index (χ3v) is 4.44. The van der Waals surface area contributed by atoms with Crippen molar-refractivity contribution in [3.8, 4) is 11.5 Å². The lowest BCUT2D eigenvalue weighted by Gasteiger charge is -2.17. The van der Waals surface area contributed by atoms with Crippen LogP contribution in [-0.2, 0) is 4.79 Å². The number of carbonyl (C=O) groups is 2. The van der Waals surface area contributed by atoms with Crippen LogP contribution in [0.5, 0.6) is 11.5 Å². The van der Waals surface area contributed by atoms with E-state index < -0.39 is 0 Å². The molecule has 156 valence electrons. The van der Waals surface area contributed by atoms with E-state index in [0.29, 0.717) is 35.3 Å². The Hall–Kier alpha value is -2.73.